The van der Waals surface area contributed by atoms with Crippen LogP contribution in [0.5, 0.6) is 11.5 Å². The molecule has 1 aliphatic heterocycles. The number of rotatable bonds is 11. The molecule has 1 aromatic heterocycles. The molecule has 0 amide bonds. The first-order chi connectivity index (χ1) is 17.5. The number of piperidine rings is 1. The zero-order valence-corrected chi connectivity index (χ0v) is 21.6. The number of carboxylic acid groups (broad SMARTS) is 1. The maximum Gasteiger partial charge on any atom is 0.308 e. The number of hydrogen-bond donors (Lipinski definition) is 2. The Hall–Kier alpha value is -2.81. The summed E-state index contributed by atoms with van der Waals surface area (Å²) in [6.07, 6.45) is 3.02. The molecule has 0 radical (unpaired) electrons. The van der Waals surface area contributed by atoms with Crippen molar-refractivity contribution in [2.75, 3.05) is 39.6 Å². The highest BCUT2D eigenvalue weighted by molar-refractivity contribution is 7.99. The molecule has 2 aromatic carbocycles. The summed E-state index contributed by atoms with van der Waals surface area (Å²) in [6, 6.07) is 15.5. The largest absolute Gasteiger partial charge is 0.497 e. The molecule has 1 aliphatic rings. The van der Waals surface area contributed by atoms with Gasteiger partial charge in [0.05, 0.1) is 31.8 Å². The third-order valence-electron chi connectivity index (χ3n) is 7.05. The summed E-state index contributed by atoms with van der Waals surface area (Å²) in [5, 5.41) is 21.8. The van der Waals surface area contributed by atoms with Crippen LogP contribution < -0.4 is 9.47 Å². The number of thioether (sulfide) groups is 1. The summed E-state index contributed by atoms with van der Waals surface area (Å²) >= 11 is 1.77. The van der Waals surface area contributed by atoms with Gasteiger partial charge in [-0.15, -0.1) is 11.8 Å². The van der Waals surface area contributed by atoms with Gasteiger partial charge in [-0.1, -0.05) is 0 Å². The highest BCUT2D eigenvalue weighted by atomic mass is 32.2. The minimum absolute atomic E-state index is 0.0466. The molecule has 1 saturated heterocycles. The van der Waals surface area contributed by atoms with Gasteiger partial charge in [-0.05, 0) is 85.8 Å². The number of aliphatic carboxylic acids is 1. The van der Waals surface area contributed by atoms with E-state index in [-0.39, 0.29) is 5.92 Å². The normalized spacial score (nSPS) is 19.2. The first-order valence-corrected chi connectivity index (χ1v) is 13.3. The number of benzene rings is 2. The number of carbonyl (C=O) groups is 1. The second-order valence-electron chi connectivity index (χ2n) is 9.19. The molecule has 7 nitrogen and oxygen atoms in total. The fraction of sp³-hybridized carbons (Fsp3) is 0.429. The fourth-order valence-electron chi connectivity index (χ4n) is 4.95. The third kappa shape index (κ3) is 6.49. The van der Waals surface area contributed by atoms with Gasteiger partial charge in [0.2, 0.25) is 0 Å². The van der Waals surface area contributed by atoms with E-state index in [1.807, 2.05) is 48.5 Å². The second-order valence-corrected chi connectivity index (χ2v) is 10.4. The molecule has 2 N–H and O–H groups in total. The lowest BCUT2D eigenvalue weighted by Gasteiger charge is -2.37. The van der Waals surface area contributed by atoms with Gasteiger partial charge in [-0.25, -0.2) is 0 Å². The lowest BCUT2D eigenvalue weighted by Crippen LogP contribution is -2.44. The molecular formula is C28H34N2O5S. The smallest absolute Gasteiger partial charge is 0.308 e. The van der Waals surface area contributed by atoms with Crippen LogP contribution in [-0.4, -0.2) is 65.7 Å². The third-order valence-corrected chi connectivity index (χ3v) is 8.04. The highest BCUT2D eigenvalue weighted by Crippen LogP contribution is 2.34. The quantitative estimate of drug-likeness (QED) is 0.353. The van der Waals surface area contributed by atoms with E-state index in [4.69, 9.17) is 9.47 Å². The van der Waals surface area contributed by atoms with Gasteiger partial charge in [-0.3, -0.25) is 9.78 Å². The van der Waals surface area contributed by atoms with Crippen LogP contribution in [0, 0.1) is 11.8 Å². The average molecular weight is 511 g/mol. The number of pyridine rings is 1. The monoisotopic (exact) mass is 510 g/mol. The van der Waals surface area contributed by atoms with E-state index >= 15 is 0 Å². The van der Waals surface area contributed by atoms with Crippen LogP contribution >= 0.6 is 11.8 Å². The summed E-state index contributed by atoms with van der Waals surface area (Å²) in [7, 11) is 3.27. The molecular weight excluding hydrogens is 476 g/mol. The first kappa shape index (κ1) is 26.3. The van der Waals surface area contributed by atoms with Gasteiger partial charge in [0.15, 0.2) is 0 Å². The molecule has 3 atom stereocenters. The molecule has 8 heteroatoms. The van der Waals surface area contributed by atoms with E-state index in [9.17, 15) is 15.0 Å². The summed E-state index contributed by atoms with van der Waals surface area (Å²) in [6.45, 7) is 2.28. The predicted molar refractivity (Wildman–Crippen MR) is 142 cm³/mol. The Morgan fingerprint density at radius 2 is 1.89 bits per heavy atom. The van der Waals surface area contributed by atoms with Crippen LogP contribution in [0.15, 0.2) is 59.6 Å². The number of fused-ring (bicyclic) bond motifs is 1. The Morgan fingerprint density at radius 1 is 1.14 bits per heavy atom. The number of aliphatic hydroxyl groups excluding tert-OH is 1. The molecule has 0 aliphatic carbocycles. The topological polar surface area (TPSA) is 92.1 Å². The van der Waals surface area contributed by atoms with Crippen LogP contribution in [0.2, 0.25) is 0 Å². The van der Waals surface area contributed by atoms with Crippen LogP contribution in [0.3, 0.4) is 0 Å². The molecule has 0 bridgehead atoms. The number of aliphatic hydroxyl groups is 1. The van der Waals surface area contributed by atoms with Crippen molar-refractivity contribution in [3.8, 4) is 11.5 Å². The van der Waals surface area contributed by atoms with Crippen LogP contribution in [0.1, 0.15) is 30.9 Å². The lowest BCUT2D eigenvalue weighted by molar-refractivity contribution is -0.146. The number of aromatic nitrogens is 1. The maximum atomic E-state index is 12.1. The molecule has 0 saturated carbocycles. The average Bonchev–Trinajstić information content (AvgIpc) is 2.91. The fourth-order valence-corrected chi connectivity index (χ4v) is 5.87. The van der Waals surface area contributed by atoms with Gasteiger partial charge in [0, 0.05) is 35.3 Å². The molecule has 192 valence electrons. The van der Waals surface area contributed by atoms with Crippen molar-refractivity contribution in [3.05, 3.63) is 60.3 Å². The minimum Gasteiger partial charge on any atom is -0.497 e. The van der Waals surface area contributed by atoms with Crippen molar-refractivity contribution in [1.82, 2.24) is 9.88 Å². The number of ether oxygens (including phenoxy) is 2. The van der Waals surface area contributed by atoms with E-state index in [1.54, 1.807) is 32.2 Å². The zero-order chi connectivity index (χ0) is 25.5. The van der Waals surface area contributed by atoms with E-state index in [1.165, 1.54) is 4.90 Å². The standard InChI is InChI=1S/C28H34N2O5S/c1-34-20-4-7-22(8-5-20)36-16-15-30-14-12-19(25(18-30)28(32)33)3-10-27(31)23-11-13-29-26-9-6-21(35-2)17-24(23)26/h4-9,11,13,17,19,25,27,31H,3,10,12,14-16,18H2,1-2H3,(H,32,33)/t19-,25+,27+/m1/s1. The van der Waals surface area contributed by atoms with Crippen LogP contribution in [0.4, 0.5) is 0 Å². The second kappa shape index (κ2) is 12.4. The summed E-state index contributed by atoms with van der Waals surface area (Å²) in [5.74, 6) is 1.33. The number of carboxylic acids is 1. The Kier molecular flexibility index (Phi) is 9.07. The van der Waals surface area contributed by atoms with Gasteiger partial charge in [0.1, 0.15) is 11.5 Å². The lowest BCUT2D eigenvalue weighted by atomic mass is 9.81. The summed E-state index contributed by atoms with van der Waals surface area (Å²) < 4.78 is 10.5. The van der Waals surface area contributed by atoms with Crippen molar-refractivity contribution in [3.63, 3.8) is 0 Å². The Labute approximate surface area is 216 Å². The van der Waals surface area contributed by atoms with Gasteiger partial charge < -0.3 is 24.6 Å². The first-order valence-electron chi connectivity index (χ1n) is 12.3. The number of methoxy groups -OCH3 is 2. The van der Waals surface area contributed by atoms with Crippen LogP contribution in [0.25, 0.3) is 10.9 Å². The predicted octanol–water partition coefficient (Wildman–Crippen LogP) is 4.88. The van der Waals surface area contributed by atoms with E-state index in [2.05, 4.69) is 9.88 Å². The van der Waals surface area contributed by atoms with Crippen LogP contribution in [-0.2, 0) is 4.79 Å². The molecule has 0 unspecified atom stereocenters. The van der Waals surface area contributed by atoms with E-state index < -0.39 is 18.0 Å². The molecule has 2 heterocycles. The molecule has 0 spiro atoms. The molecule has 1 fully saturated rings. The van der Waals surface area contributed by atoms with Crippen molar-refractivity contribution in [1.29, 1.82) is 0 Å². The highest BCUT2D eigenvalue weighted by Gasteiger charge is 2.34. The van der Waals surface area contributed by atoms with E-state index in [0.29, 0.717) is 25.1 Å². The Bertz CT molecular complexity index is 1160. The SMILES string of the molecule is COc1ccc(SCCN2CC[C@@H](CC[C@H](O)c3ccnc4ccc(OC)cc34)[C@@H](C(=O)O)C2)cc1. The van der Waals surface area contributed by atoms with Crippen molar-refractivity contribution >= 4 is 28.6 Å². The number of nitrogens with zero attached hydrogens (tertiary/aromatic N) is 2. The number of likely N-dealkylation sites (tertiary alicyclic amines) is 1. The Morgan fingerprint density at radius 3 is 2.61 bits per heavy atom. The van der Waals surface area contributed by atoms with Gasteiger partial charge >= 0.3 is 5.97 Å². The summed E-state index contributed by atoms with van der Waals surface area (Å²) in [5.41, 5.74) is 1.61. The maximum absolute atomic E-state index is 12.1. The molecule has 36 heavy (non-hydrogen) atoms. The van der Waals surface area contributed by atoms with Crippen molar-refractivity contribution in [2.45, 2.75) is 30.3 Å². The summed E-state index contributed by atoms with van der Waals surface area (Å²) in [4.78, 5) is 19.9. The number of hydrogen-bond acceptors (Lipinski definition) is 7. The molecule has 4 rings (SSSR count). The van der Waals surface area contributed by atoms with E-state index in [0.717, 1.165) is 47.5 Å². The molecule has 3 aromatic rings. The van der Waals surface area contributed by atoms with Crippen molar-refractivity contribution < 1.29 is 24.5 Å². The van der Waals surface area contributed by atoms with Gasteiger partial charge in [0.25, 0.3) is 0 Å². The Balaban J connectivity index is 1.31. The van der Waals surface area contributed by atoms with Gasteiger partial charge in [-0.2, -0.15) is 0 Å². The van der Waals surface area contributed by atoms with Crippen molar-refractivity contribution in [2.24, 2.45) is 11.8 Å². The zero-order valence-electron chi connectivity index (χ0n) is 20.8. The minimum atomic E-state index is -0.749.